The van der Waals surface area contributed by atoms with Gasteiger partial charge in [-0.15, -0.1) is 0 Å². The lowest BCUT2D eigenvalue weighted by Crippen LogP contribution is -2.49. The van der Waals surface area contributed by atoms with Crippen LogP contribution in [-0.2, 0) is 4.79 Å². The van der Waals surface area contributed by atoms with Gasteiger partial charge in [-0.3, -0.25) is 14.4 Å². The van der Waals surface area contributed by atoms with E-state index >= 15 is 0 Å². The molecular formula is C21H22FN3O3. The second-order valence-corrected chi connectivity index (χ2v) is 6.66. The number of nitrogens with one attached hydrogen (secondary N) is 2. The zero-order valence-corrected chi connectivity index (χ0v) is 15.4. The maximum absolute atomic E-state index is 13.6. The monoisotopic (exact) mass is 383 g/mol. The molecular weight excluding hydrogens is 361 g/mol. The molecule has 0 aliphatic carbocycles. The first-order valence-corrected chi connectivity index (χ1v) is 9.21. The van der Waals surface area contributed by atoms with Gasteiger partial charge >= 0.3 is 0 Å². The standard InChI is InChI=1S/C21H22FN3O3/c22-18-9-5-4-8-17(18)21(28)23-14-19(26)25-12-10-16(11-13-25)24-20(27)15-6-2-1-3-7-15/h1-9,16H,10-14H2,(H,23,28)(H,24,27). The maximum Gasteiger partial charge on any atom is 0.254 e. The van der Waals surface area contributed by atoms with Crippen LogP contribution in [0.25, 0.3) is 0 Å². The molecule has 2 aromatic rings. The van der Waals surface area contributed by atoms with Gasteiger partial charge in [0, 0.05) is 24.7 Å². The van der Waals surface area contributed by atoms with E-state index in [2.05, 4.69) is 10.6 Å². The largest absolute Gasteiger partial charge is 0.349 e. The summed E-state index contributed by atoms with van der Waals surface area (Å²) in [5, 5.41) is 5.45. The summed E-state index contributed by atoms with van der Waals surface area (Å²) in [7, 11) is 0. The minimum atomic E-state index is -0.623. The van der Waals surface area contributed by atoms with Gasteiger partial charge in [0.05, 0.1) is 12.1 Å². The summed E-state index contributed by atoms with van der Waals surface area (Å²) in [6, 6.07) is 14.6. The Balaban J connectivity index is 1.43. The van der Waals surface area contributed by atoms with Crippen LogP contribution in [0.1, 0.15) is 33.6 Å². The van der Waals surface area contributed by atoms with Gasteiger partial charge in [-0.2, -0.15) is 0 Å². The van der Waals surface area contributed by atoms with Crippen molar-refractivity contribution in [3.8, 4) is 0 Å². The van der Waals surface area contributed by atoms with Crippen LogP contribution >= 0.6 is 0 Å². The molecule has 0 atom stereocenters. The third kappa shape index (κ3) is 4.94. The molecule has 0 bridgehead atoms. The van der Waals surface area contributed by atoms with Crippen LogP contribution in [0.3, 0.4) is 0 Å². The number of benzene rings is 2. The van der Waals surface area contributed by atoms with Gasteiger partial charge in [0.2, 0.25) is 5.91 Å². The van der Waals surface area contributed by atoms with E-state index in [-0.39, 0.29) is 30.0 Å². The normalized spacial score (nSPS) is 14.4. The summed E-state index contributed by atoms with van der Waals surface area (Å²) in [6.07, 6.45) is 1.29. The number of carbonyl (C=O) groups excluding carboxylic acids is 3. The first-order chi connectivity index (χ1) is 13.5. The third-order valence-electron chi connectivity index (χ3n) is 4.74. The highest BCUT2D eigenvalue weighted by Crippen LogP contribution is 2.12. The quantitative estimate of drug-likeness (QED) is 0.829. The Labute approximate surface area is 162 Å². The predicted molar refractivity (Wildman–Crippen MR) is 102 cm³/mol. The molecule has 1 aliphatic heterocycles. The number of amides is 3. The van der Waals surface area contributed by atoms with Crippen molar-refractivity contribution in [3.05, 3.63) is 71.5 Å². The summed E-state index contributed by atoms with van der Waals surface area (Å²) >= 11 is 0. The molecule has 3 amide bonds. The average molecular weight is 383 g/mol. The topological polar surface area (TPSA) is 78.5 Å². The Hall–Kier alpha value is -3.22. The van der Waals surface area contributed by atoms with Gasteiger partial charge in [-0.1, -0.05) is 30.3 Å². The Morgan fingerprint density at radius 2 is 1.57 bits per heavy atom. The molecule has 28 heavy (non-hydrogen) atoms. The minimum Gasteiger partial charge on any atom is -0.349 e. The molecule has 0 radical (unpaired) electrons. The smallest absolute Gasteiger partial charge is 0.254 e. The molecule has 1 fully saturated rings. The fourth-order valence-corrected chi connectivity index (χ4v) is 3.14. The molecule has 3 rings (SSSR count). The molecule has 2 aromatic carbocycles. The fraction of sp³-hybridized carbons (Fsp3) is 0.286. The van der Waals surface area contributed by atoms with Crippen LogP contribution in [0.4, 0.5) is 4.39 Å². The van der Waals surface area contributed by atoms with Crippen LogP contribution in [0.2, 0.25) is 0 Å². The predicted octanol–water partition coefficient (Wildman–Crippen LogP) is 1.98. The van der Waals surface area contributed by atoms with E-state index in [4.69, 9.17) is 0 Å². The second kappa shape index (κ2) is 9.12. The number of nitrogens with zero attached hydrogens (tertiary/aromatic N) is 1. The molecule has 0 unspecified atom stereocenters. The number of likely N-dealkylation sites (tertiary alicyclic amines) is 1. The molecule has 1 aliphatic rings. The lowest BCUT2D eigenvalue weighted by molar-refractivity contribution is -0.131. The third-order valence-corrected chi connectivity index (χ3v) is 4.74. The Bertz CT molecular complexity index is 849. The van der Waals surface area contributed by atoms with Gasteiger partial charge < -0.3 is 15.5 Å². The number of rotatable bonds is 5. The zero-order chi connectivity index (χ0) is 19.9. The van der Waals surface area contributed by atoms with Crippen LogP contribution in [0.5, 0.6) is 0 Å². The summed E-state index contributed by atoms with van der Waals surface area (Å²) in [5.41, 5.74) is 0.523. The summed E-state index contributed by atoms with van der Waals surface area (Å²) in [5.74, 6) is -1.58. The van der Waals surface area contributed by atoms with Gasteiger partial charge in [-0.25, -0.2) is 4.39 Å². The van der Waals surface area contributed by atoms with E-state index in [0.717, 1.165) is 0 Å². The van der Waals surface area contributed by atoms with Crippen LogP contribution in [0, 0.1) is 5.82 Å². The van der Waals surface area contributed by atoms with Crippen molar-refractivity contribution < 1.29 is 18.8 Å². The molecule has 1 heterocycles. The van der Waals surface area contributed by atoms with Crippen LogP contribution in [-0.4, -0.2) is 48.3 Å². The number of halogens is 1. The van der Waals surface area contributed by atoms with Gasteiger partial charge in [0.15, 0.2) is 0 Å². The fourth-order valence-electron chi connectivity index (χ4n) is 3.14. The van der Waals surface area contributed by atoms with Gasteiger partial charge in [-0.05, 0) is 37.1 Å². The lowest BCUT2D eigenvalue weighted by Gasteiger charge is -2.32. The SMILES string of the molecule is O=C(NC1CCN(C(=O)CNC(=O)c2ccccc2F)CC1)c1ccccc1. The first kappa shape index (κ1) is 19.5. The van der Waals surface area contributed by atoms with Crippen LogP contribution in [0.15, 0.2) is 54.6 Å². The van der Waals surface area contributed by atoms with E-state index in [0.29, 0.717) is 31.5 Å². The highest BCUT2D eigenvalue weighted by atomic mass is 19.1. The number of piperidine rings is 1. The van der Waals surface area contributed by atoms with Crippen LogP contribution < -0.4 is 10.6 Å². The molecule has 0 saturated carbocycles. The number of hydrogen-bond donors (Lipinski definition) is 2. The Morgan fingerprint density at radius 3 is 2.25 bits per heavy atom. The Morgan fingerprint density at radius 1 is 0.929 bits per heavy atom. The molecule has 0 spiro atoms. The molecule has 146 valence electrons. The van der Waals surface area contributed by atoms with Crippen molar-refractivity contribution in [2.75, 3.05) is 19.6 Å². The highest BCUT2D eigenvalue weighted by Gasteiger charge is 2.24. The molecule has 6 nitrogen and oxygen atoms in total. The maximum atomic E-state index is 13.6. The van der Waals surface area contributed by atoms with Crippen molar-refractivity contribution in [2.45, 2.75) is 18.9 Å². The second-order valence-electron chi connectivity index (χ2n) is 6.66. The van der Waals surface area contributed by atoms with Crippen molar-refractivity contribution in [2.24, 2.45) is 0 Å². The molecule has 2 N–H and O–H groups in total. The number of carbonyl (C=O) groups is 3. The highest BCUT2D eigenvalue weighted by molar-refractivity contribution is 5.96. The van der Waals surface area contributed by atoms with Gasteiger partial charge in [0.1, 0.15) is 5.82 Å². The first-order valence-electron chi connectivity index (χ1n) is 9.21. The molecule has 7 heteroatoms. The van der Waals surface area contributed by atoms with E-state index in [1.807, 2.05) is 18.2 Å². The molecule has 1 saturated heterocycles. The summed E-state index contributed by atoms with van der Waals surface area (Å²) in [4.78, 5) is 38.1. The van der Waals surface area contributed by atoms with E-state index in [1.54, 1.807) is 23.1 Å². The molecule has 0 aromatic heterocycles. The average Bonchev–Trinajstić information content (AvgIpc) is 2.73. The van der Waals surface area contributed by atoms with Crippen molar-refractivity contribution in [1.29, 1.82) is 0 Å². The Kier molecular flexibility index (Phi) is 6.37. The van der Waals surface area contributed by atoms with Crippen molar-refractivity contribution in [1.82, 2.24) is 15.5 Å². The minimum absolute atomic E-state index is 0.00441. The van der Waals surface area contributed by atoms with Crippen molar-refractivity contribution in [3.63, 3.8) is 0 Å². The summed E-state index contributed by atoms with van der Waals surface area (Å²) < 4.78 is 13.6. The van der Waals surface area contributed by atoms with E-state index < -0.39 is 11.7 Å². The lowest BCUT2D eigenvalue weighted by atomic mass is 10.0. The van der Waals surface area contributed by atoms with Crippen molar-refractivity contribution >= 4 is 17.7 Å². The van der Waals surface area contributed by atoms with Gasteiger partial charge in [0.25, 0.3) is 11.8 Å². The summed E-state index contributed by atoms with van der Waals surface area (Å²) in [6.45, 7) is 0.802. The van der Waals surface area contributed by atoms with E-state index in [9.17, 15) is 18.8 Å². The number of hydrogen-bond acceptors (Lipinski definition) is 3. The zero-order valence-electron chi connectivity index (χ0n) is 15.4. The van der Waals surface area contributed by atoms with E-state index in [1.165, 1.54) is 18.2 Å².